The zero-order valence-electron chi connectivity index (χ0n) is 9.76. The lowest BCUT2D eigenvalue weighted by Gasteiger charge is -2.34. The summed E-state index contributed by atoms with van der Waals surface area (Å²) in [4.78, 5) is 10.7. The van der Waals surface area contributed by atoms with Crippen LogP contribution in [-0.4, -0.2) is 36.2 Å². The maximum Gasteiger partial charge on any atom is 0.225 e. The van der Waals surface area contributed by atoms with Gasteiger partial charge in [0, 0.05) is 19.1 Å². The molecule has 0 bridgehead atoms. The second-order valence-electron chi connectivity index (χ2n) is 4.43. The van der Waals surface area contributed by atoms with Gasteiger partial charge in [0.1, 0.15) is 0 Å². The predicted octanol–water partition coefficient (Wildman–Crippen LogP) is 0.659. The summed E-state index contributed by atoms with van der Waals surface area (Å²) in [6, 6.07) is 0.217. The van der Waals surface area contributed by atoms with E-state index in [4.69, 9.17) is 10.5 Å². The first kappa shape index (κ1) is 11.1. The van der Waals surface area contributed by atoms with Crippen molar-refractivity contribution in [2.45, 2.75) is 19.4 Å². The lowest BCUT2D eigenvalue weighted by Crippen LogP contribution is -2.47. The molecule has 1 aromatic heterocycles. The monoisotopic (exact) mass is 222 g/mol. The number of methoxy groups -OCH3 is 1. The highest BCUT2D eigenvalue weighted by Crippen LogP contribution is 2.19. The van der Waals surface area contributed by atoms with Gasteiger partial charge in [-0.25, -0.2) is 9.97 Å². The maximum atomic E-state index is 5.99. The molecule has 0 aromatic carbocycles. The van der Waals surface area contributed by atoms with Gasteiger partial charge >= 0.3 is 0 Å². The summed E-state index contributed by atoms with van der Waals surface area (Å²) >= 11 is 0. The number of rotatable bonds is 2. The van der Waals surface area contributed by atoms with Gasteiger partial charge in [0.2, 0.25) is 5.95 Å². The van der Waals surface area contributed by atoms with Crippen LogP contribution in [-0.2, 0) is 0 Å². The van der Waals surface area contributed by atoms with Crippen molar-refractivity contribution in [3.8, 4) is 5.75 Å². The van der Waals surface area contributed by atoms with Crippen molar-refractivity contribution < 1.29 is 4.74 Å². The maximum absolute atomic E-state index is 5.99. The molecule has 5 heteroatoms. The Morgan fingerprint density at radius 2 is 2.06 bits per heavy atom. The fourth-order valence-corrected chi connectivity index (χ4v) is 2.14. The van der Waals surface area contributed by atoms with Gasteiger partial charge in [0.05, 0.1) is 19.5 Å². The molecule has 0 amide bonds. The average Bonchev–Trinajstić information content (AvgIpc) is 2.28. The van der Waals surface area contributed by atoms with Crippen molar-refractivity contribution in [2.75, 3.05) is 25.1 Å². The third-order valence-corrected chi connectivity index (χ3v) is 2.83. The highest BCUT2D eigenvalue weighted by Gasteiger charge is 2.23. The summed E-state index contributed by atoms with van der Waals surface area (Å²) in [5.74, 6) is 2.01. The Labute approximate surface area is 95.6 Å². The van der Waals surface area contributed by atoms with E-state index in [1.54, 1.807) is 19.5 Å². The first-order chi connectivity index (χ1) is 7.69. The Morgan fingerprint density at radius 3 is 2.62 bits per heavy atom. The number of ether oxygens (including phenoxy) is 1. The zero-order valence-corrected chi connectivity index (χ0v) is 9.76. The zero-order chi connectivity index (χ0) is 11.5. The van der Waals surface area contributed by atoms with E-state index >= 15 is 0 Å². The minimum absolute atomic E-state index is 0.217. The molecule has 88 valence electrons. The van der Waals surface area contributed by atoms with Crippen LogP contribution in [0.25, 0.3) is 0 Å². The van der Waals surface area contributed by atoms with E-state index in [1.165, 1.54) is 0 Å². The second-order valence-corrected chi connectivity index (χ2v) is 4.43. The minimum Gasteiger partial charge on any atom is -0.494 e. The summed E-state index contributed by atoms with van der Waals surface area (Å²) in [5, 5.41) is 0. The van der Waals surface area contributed by atoms with E-state index in [1.807, 2.05) is 0 Å². The molecule has 0 spiro atoms. The van der Waals surface area contributed by atoms with E-state index in [-0.39, 0.29) is 6.04 Å². The van der Waals surface area contributed by atoms with Crippen molar-refractivity contribution in [1.29, 1.82) is 0 Å². The van der Waals surface area contributed by atoms with Gasteiger partial charge < -0.3 is 15.4 Å². The molecule has 16 heavy (non-hydrogen) atoms. The number of piperidine rings is 1. The standard InChI is InChI=1S/C11H18N4O/c1-8-3-9(12)7-15(6-8)11-13-4-10(16-2)5-14-11/h4-5,8-9H,3,6-7,12H2,1-2H3. The summed E-state index contributed by atoms with van der Waals surface area (Å²) < 4.78 is 5.03. The van der Waals surface area contributed by atoms with Crippen molar-refractivity contribution in [3.63, 3.8) is 0 Å². The Bertz CT molecular complexity index is 330. The molecule has 5 nitrogen and oxygen atoms in total. The number of aromatic nitrogens is 2. The van der Waals surface area contributed by atoms with Crippen LogP contribution >= 0.6 is 0 Å². The Balaban J connectivity index is 2.10. The highest BCUT2D eigenvalue weighted by atomic mass is 16.5. The number of nitrogens with two attached hydrogens (primary N) is 1. The molecular formula is C11H18N4O. The molecule has 1 aliphatic heterocycles. The van der Waals surface area contributed by atoms with E-state index in [2.05, 4.69) is 21.8 Å². The topological polar surface area (TPSA) is 64.3 Å². The van der Waals surface area contributed by atoms with Gasteiger partial charge in [-0.2, -0.15) is 0 Å². The smallest absolute Gasteiger partial charge is 0.225 e. The van der Waals surface area contributed by atoms with E-state index < -0.39 is 0 Å². The number of hydrogen-bond acceptors (Lipinski definition) is 5. The van der Waals surface area contributed by atoms with Gasteiger partial charge in [-0.05, 0) is 12.3 Å². The fourth-order valence-electron chi connectivity index (χ4n) is 2.14. The van der Waals surface area contributed by atoms with Crippen LogP contribution in [0, 0.1) is 5.92 Å². The molecular weight excluding hydrogens is 204 g/mol. The third-order valence-electron chi connectivity index (χ3n) is 2.83. The van der Waals surface area contributed by atoms with Crippen LogP contribution in [0.1, 0.15) is 13.3 Å². The van der Waals surface area contributed by atoms with Gasteiger partial charge in [0.25, 0.3) is 0 Å². The normalized spacial score (nSPS) is 25.6. The van der Waals surface area contributed by atoms with E-state index in [0.717, 1.165) is 25.5 Å². The van der Waals surface area contributed by atoms with Gasteiger partial charge in [-0.3, -0.25) is 0 Å². The van der Waals surface area contributed by atoms with Crippen LogP contribution < -0.4 is 15.4 Å². The number of nitrogens with zero attached hydrogens (tertiary/aromatic N) is 3. The largest absolute Gasteiger partial charge is 0.494 e. The number of anilines is 1. The Kier molecular flexibility index (Phi) is 3.24. The SMILES string of the molecule is COc1cnc(N2CC(C)CC(N)C2)nc1. The quantitative estimate of drug-likeness (QED) is 0.796. The van der Waals surface area contributed by atoms with Gasteiger partial charge in [-0.15, -0.1) is 0 Å². The number of hydrogen-bond donors (Lipinski definition) is 1. The first-order valence-electron chi connectivity index (χ1n) is 5.55. The molecule has 2 rings (SSSR count). The summed E-state index contributed by atoms with van der Waals surface area (Å²) in [6.07, 6.45) is 4.45. The van der Waals surface area contributed by atoms with Crippen LogP contribution in [0.2, 0.25) is 0 Å². The lowest BCUT2D eigenvalue weighted by atomic mass is 9.97. The van der Waals surface area contributed by atoms with Crippen LogP contribution in [0.5, 0.6) is 5.75 Å². The average molecular weight is 222 g/mol. The first-order valence-corrected chi connectivity index (χ1v) is 5.55. The van der Waals surface area contributed by atoms with Gasteiger partial charge in [-0.1, -0.05) is 6.92 Å². The molecule has 2 atom stereocenters. The molecule has 2 N–H and O–H groups in total. The Morgan fingerprint density at radius 1 is 1.38 bits per heavy atom. The summed E-state index contributed by atoms with van der Waals surface area (Å²) in [6.45, 7) is 4.01. The van der Waals surface area contributed by atoms with Crippen LogP contribution in [0.15, 0.2) is 12.4 Å². The molecule has 1 saturated heterocycles. The molecule has 2 heterocycles. The summed E-state index contributed by atoms with van der Waals surface area (Å²) in [7, 11) is 1.61. The van der Waals surface area contributed by atoms with Crippen molar-refractivity contribution in [3.05, 3.63) is 12.4 Å². The minimum atomic E-state index is 0.217. The molecule has 1 aliphatic rings. The lowest BCUT2D eigenvalue weighted by molar-refractivity contribution is 0.394. The van der Waals surface area contributed by atoms with Gasteiger partial charge in [0.15, 0.2) is 5.75 Å². The predicted molar refractivity (Wildman–Crippen MR) is 62.6 cm³/mol. The molecule has 0 aliphatic carbocycles. The van der Waals surface area contributed by atoms with Crippen molar-refractivity contribution in [1.82, 2.24) is 9.97 Å². The highest BCUT2D eigenvalue weighted by molar-refractivity contribution is 5.32. The fraction of sp³-hybridized carbons (Fsp3) is 0.636. The molecule has 2 unspecified atom stereocenters. The molecule has 1 aromatic rings. The summed E-state index contributed by atoms with van der Waals surface area (Å²) in [5.41, 5.74) is 5.99. The van der Waals surface area contributed by atoms with Crippen molar-refractivity contribution >= 4 is 5.95 Å². The second kappa shape index (κ2) is 4.65. The van der Waals surface area contributed by atoms with Crippen molar-refractivity contribution in [2.24, 2.45) is 11.7 Å². The molecule has 0 radical (unpaired) electrons. The Hall–Kier alpha value is -1.36. The van der Waals surface area contributed by atoms with Crippen LogP contribution in [0.3, 0.4) is 0 Å². The van der Waals surface area contributed by atoms with E-state index in [0.29, 0.717) is 11.7 Å². The van der Waals surface area contributed by atoms with Crippen LogP contribution in [0.4, 0.5) is 5.95 Å². The van der Waals surface area contributed by atoms with E-state index in [9.17, 15) is 0 Å². The molecule has 0 saturated carbocycles. The molecule has 1 fully saturated rings. The third kappa shape index (κ3) is 2.41.